The van der Waals surface area contributed by atoms with Gasteiger partial charge in [0.25, 0.3) is 0 Å². The van der Waals surface area contributed by atoms with Crippen molar-refractivity contribution in [1.29, 1.82) is 0 Å². The van der Waals surface area contributed by atoms with E-state index in [0.717, 1.165) is 22.4 Å². The van der Waals surface area contributed by atoms with Gasteiger partial charge in [0.05, 0.1) is 11.7 Å². The van der Waals surface area contributed by atoms with Gasteiger partial charge < -0.3 is 10.6 Å². The molecule has 28 heavy (non-hydrogen) atoms. The second-order valence-corrected chi connectivity index (χ2v) is 6.20. The molecule has 0 radical (unpaired) electrons. The molecule has 0 saturated heterocycles. The second kappa shape index (κ2) is 9.34. The maximum atomic E-state index is 4.66. The van der Waals surface area contributed by atoms with Gasteiger partial charge in [0, 0.05) is 18.0 Å². The zero-order chi connectivity index (χ0) is 19.8. The van der Waals surface area contributed by atoms with Crippen LogP contribution in [0.4, 0.5) is 5.82 Å². The Morgan fingerprint density at radius 3 is 2.43 bits per heavy atom. The molecule has 3 rings (SSSR count). The topological polar surface area (TPSA) is 49.8 Å². The smallest absolute Gasteiger partial charge is 0.132 e. The number of pyridine rings is 2. The van der Waals surface area contributed by atoms with Crippen molar-refractivity contribution in [2.75, 3.05) is 12.4 Å². The molecule has 0 bridgehead atoms. The molecule has 138 valence electrons. The van der Waals surface area contributed by atoms with Gasteiger partial charge in [-0.2, -0.15) is 0 Å². The fourth-order valence-electron chi connectivity index (χ4n) is 2.62. The van der Waals surface area contributed by atoms with E-state index in [9.17, 15) is 0 Å². The van der Waals surface area contributed by atoms with E-state index >= 15 is 0 Å². The van der Waals surface area contributed by atoms with E-state index in [-0.39, 0.29) is 6.04 Å². The van der Waals surface area contributed by atoms with Crippen LogP contribution in [0.2, 0.25) is 0 Å². The fraction of sp³-hybridized carbons (Fsp3) is 0.125. The van der Waals surface area contributed by atoms with Gasteiger partial charge in [-0.25, -0.2) is 4.98 Å². The highest BCUT2D eigenvalue weighted by atomic mass is 15.0. The van der Waals surface area contributed by atoms with Crippen molar-refractivity contribution in [3.05, 3.63) is 96.3 Å². The Labute approximate surface area is 166 Å². The third-order valence-corrected chi connectivity index (χ3v) is 4.27. The number of anilines is 1. The maximum absolute atomic E-state index is 4.66. The molecule has 1 aromatic carbocycles. The Morgan fingerprint density at radius 2 is 1.75 bits per heavy atom. The van der Waals surface area contributed by atoms with E-state index in [1.54, 1.807) is 12.4 Å². The molecule has 0 saturated carbocycles. The highest BCUT2D eigenvalue weighted by Gasteiger charge is 2.09. The van der Waals surface area contributed by atoms with Gasteiger partial charge in [-0.15, -0.1) is 5.73 Å². The minimum absolute atomic E-state index is 0.0720. The molecule has 3 aromatic rings. The summed E-state index contributed by atoms with van der Waals surface area (Å²) in [7, 11) is 1.89. The second-order valence-electron chi connectivity index (χ2n) is 6.20. The summed E-state index contributed by atoms with van der Waals surface area (Å²) in [6.07, 6.45) is 3.55. The predicted molar refractivity (Wildman–Crippen MR) is 115 cm³/mol. The van der Waals surface area contributed by atoms with Gasteiger partial charge >= 0.3 is 0 Å². The van der Waals surface area contributed by atoms with Gasteiger partial charge in [-0.05, 0) is 67.4 Å². The monoisotopic (exact) mass is 366 g/mol. The lowest BCUT2D eigenvalue weighted by molar-refractivity contribution is 0.696. The van der Waals surface area contributed by atoms with Gasteiger partial charge in [0.1, 0.15) is 11.5 Å². The number of nitrogens with zero attached hydrogens (tertiary/aromatic N) is 2. The SMILES string of the molecule is C=C=C(Nc1cc(-c2ccncc2)cc(C#Cc2ccccc2)n1)C(C)NC. The van der Waals surface area contributed by atoms with E-state index in [0.29, 0.717) is 11.5 Å². The molecular formula is C24H22N4. The zero-order valence-corrected chi connectivity index (χ0v) is 16.0. The van der Waals surface area contributed by atoms with E-state index in [4.69, 9.17) is 0 Å². The summed E-state index contributed by atoms with van der Waals surface area (Å²) >= 11 is 0. The highest BCUT2D eigenvalue weighted by Crippen LogP contribution is 2.23. The first-order valence-corrected chi connectivity index (χ1v) is 9.03. The minimum atomic E-state index is 0.0720. The molecular weight excluding hydrogens is 344 g/mol. The molecule has 4 heteroatoms. The first kappa shape index (κ1) is 19.1. The lowest BCUT2D eigenvalue weighted by atomic mass is 10.1. The van der Waals surface area contributed by atoms with E-state index in [1.165, 1.54) is 0 Å². The average Bonchev–Trinajstić information content (AvgIpc) is 2.76. The number of benzene rings is 1. The number of rotatable bonds is 5. The third kappa shape index (κ3) is 4.96. The molecule has 0 amide bonds. The normalized spacial score (nSPS) is 10.9. The average molecular weight is 366 g/mol. The van der Waals surface area contributed by atoms with Gasteiger partial charge in [0.15, 0.2) is 0 Å². The summed E-state index contributed by atoms with van der Waals surface area (Å²) in [5.74, 6) is 7.03. The van der Waals surface area contributed by atoms with Crippen LogP contribution in [0.15, 0.2) is 85.0 Å². The van der Waals surface area contributed by atoms with Gasteiger partial charge in [0.2, 0.25) is 0 Å². The van der Waals surface area contributed by atoms with Crippen molar-refractivity contribution < 1.29 is 0 Å². The third-order valence-electron chi connectivity index (χ3n) is 4.27. The lowest BCUT2D eigenvalue weighted by Crippen LogP contribution is -2.27. The van der Waals surface area contributed by atoms with Crippen molar-refractivity contribution in [3.63, 3.8) is 0 Å². The largest absolute Gasteiger partial charge is 0.336 e. The zero-order valence-electron chi connectivity index (χ0n) is 16.0. The predicted octanol–water partition coefficient (Wildman–Crippen LogP) is 4.23. The van der Waals surface area contributed by atoms with Gasteiger partial charge in [-0.1, -0.05) is 30.7 Å². The Hall–Kier alpha value is -3.64. The summed E-state index contributed by atoms with van der Waals surface area (Å²) < 4.78 is 0. The van der Waals surface area contributed by atoms with Crippen LogP contribution in [0.5, 0.6) is 0 Å². The Bertz CT molecular complexity index is 1040. The first-order chi connectivity index (χ1) is 13.7. The molecule has 0 spiro atoms. The van der Waals surface area contributed by atoms with Crippen LogP contribution in [0.25, 0.3) is 11.1 Å². The van der Waals surface area contributed by atoms with Crippen molar-refractivity contribution in [2.45, 2.75) is 13.0 Å². The molecule has 4 nitrogen and oxygen atoms in total. The summed E-state index contributed by atoms with van der Waals surface area (Å²) in [5, 5.41) is 6.49. The summed E-state index contributed by atoms with van der Waals surface area (Å²) in [6, 6.07) is 17.8. The molecule has 1 unspecified atom stereocenters. The van der Waals surface area contributed by atoms with Crippen molar-refractivity contribution in [1.82, 2.24) is 15.3 Å². The van der Waals surface area contributed by atoms with Crippen LogP contribution in [0, 0.1) is 11.8 Å². The Morgan fingerprint density at radius 1 is 1.00 bits per heavy atom. The number of aromatic nitrogens is 2. The van der Waals surface area contributed by atoms with Crippen LogP contribution in [0.3, 0.4) is 0 Å². The van der Waals surface area contributed by atoms with Crippen molar-refractivity contribution in [2.24, 2.45) is 0 Å². The molecule has 1 atom stereocenters. The highest BCUT2D eigenvalue weighted by molar-refractivity contribution is 5.68. The van der Waals surface area contributed by atoms with Crippen LogP contribution in [-0.4, -0.2) is 23.1 Å². The molecule has 2 N–H and O–H groups in total. The molecule has 0 aliphatic rings. The number of hydrogen-bond acceptors (Lipinski definition) is 4. The lowest BCUT2D eigenvalue weighted by Gasteiger charge is -2.15. The summed E-state index contributed by atoms with van der Waals surface area (Å²) in [4.78, 5) is 8.76. The molecule has 2 heterocycles. The van der Waals surface area contributed by atoms with E-state index < -0.39 is 0 Å². The molecule has 2 aromatic heterocycles. The number of hydrogen-bond donors (Lipinski definition) is 2. The Balaban J connectivity index is 2.02. The van der Waals surface area contributed by atoms with Crippen LogP contribution in [0.1, 0.15) is 18.2 Å². The van der Waals surface area contributed by atoms with E-state index in [1.807, 2.05) is 68.6 Å². The summed E-state index contributed by atoms with van der Waals surface area (Å²) in [6.45, 7) is 5.81. The van der Waals surface area contributed by atoms with Crippen molar-refractivity contribution >= 4 is 5.82 Å². The van der Waals surface area contributed by atoms with Crippen LogP contribution in [-0.2, 0) is 0 Å². The number of nitrogens with one attached hydrogen (secondary N) is 2. The van der Waals surface area contributed by atoms with E-state index in [2.05, 4.69) is 44.8 Å². The molecule has 0 fully saturated rings. The molecule has 0 aliphatic carbocycles. The maximum Gasteiger partial charge on any atom is 0.132 e. The fourth-order valence-corrected chi connectivity index (χ4v) is 2.62. The summed E-state index contributed by atoms with van der Waals surface area (Å²) in [5.41, 5.74) is 7.46. The van der Waals surface area contributed by atoms with Gasteiger partial charge in [-0.3, -0.25) is 4.98 Å². The van der Waals surface area contributed by atoms with Crippen LogP contribution >= 0.6 is 0 Å². The molecule has 0 aliphatic heterocycles. The van der Waals surface area contributed by atoms with Crippen LogP contribution < -0.4 is 10.6 Å². The minimum Gasteiger partial charge on any atom is -0.336 e. The first-order valence-electron chi connectivity index (χ1n) is 9.03. The van der Waals surface area contributed by atoms with Crippen molar-refractivity contribution in [3.8, 4) is 23.0 Å². The Kier molecular flexibility index (Phi) is 6.38. The standard InChI is InChI=1S/C24H22N4/c1-4-23(18(2)25-3)28-24-17-21(20-12-14-26-15-13-20)16-22(27-24)11-10-19-8-6-5-7-9-19/h5-9,12-18,25H,1H2,2-3H3,(H,27,28). The quantitative estimate of drug-likeness (QED) is 0.524. The number of likely N-dealkylation sites (N-methyl/N-ethyl adjacent to an activating group) is 1.